The maximum Gasteiger partial charge on any atom is 0 e. The van der Waals surface area contributed by atoms with Crippen LogP contribution in [-0.4, -0.2) is 6.04 Å². The van der Waals surface area contributed by atoms with Crippen molar-refractivity contribution in [2.24, 2.45) is 0 Å². The maximum atomic E-state index is 3.19. The smallest absolute Gasteiger partial charge is 0 e. The molecule has 0 radical (unpaired) electrons. The first-order valence-corrected chi connectivity index (χ1v) is 2.47. The Morgan fingerprint density at radius 3 is 2.57 bits per heavy atom. The molecule has 0 aromatic heterocycles. The maximum absolute atomic E-state index is 3.19. The summed E-state index contributed by atoms with van der Waals surface area (Å²) in [5.74, 6) is 0. The number of nitrogens with one attached hydrogen (secondary N) is 1. The van der Waals surface area contributed by atoms with Gasteiger partial charge in [0.05, 0.1) is 0 Å². The van der Waals surface area contributed by atoms with Gasteiger partial charge in [0.1, 0.15) is 0 Å². The minimum atomic E-state index is 0. The first-order chi connectivity index (χ1) is 2.89. The quantitative estimate of drug-likeness (QED) is 0.644. The van der Waals surface area contributed by atoms with E-state index in [1.165, 1.54) is 12.8 Å². The van der Waals surface area contributed by atoms with Crippen molar-refractivity contribution in [3.8, 4) is 0 Å². The Balaban J connectivity index is 0.000000360. The van der Waals surface area contributed by atoms with Crippen LogP contribution in [0.1, 0.15) is 19.8 Å². The van der Waals surface area contributed by atoms with Crippen molar-refractivity contribution in [2.45, 2.75) is 25.8 Å². The van der Waals surface area contributed by atoms with Gasteiger partial charge in [0.2, 0.25) is 0 Å². The zero-order valence-corrected chi connectivity index (χ0v) is 7.41. The molecule has 0 aromatic carbocycles. The summed E-state index contributed by atoms with van der Waals surface area (Å²) in [5.41, 5.74) is 0. The van der Waals surface area contributed by atoms with Crippen LogP contribution in [0, 0.1) is 6.54 Å². The molecule has 1 N–H and O–H groups in total. The molecule has 0 amide bonds. The van der Waals surface area contributed by atoms with E-state index in [1.54, 1.807) is 0 Å². The summed E-state index contributed by atoms with van der Waals surface area (Å²) in [6.07, 6.45) is 2.57. The van der Waals surface area contributed by atoms with Gasteiger partial charge in [-0.25, -0.2) is 0 Å². The fourth-order valence-corrected chi connectivity index (χ4v) is 0.701. The first kappa shape index (κ1) is 7.65. The molecule has 1 unspecified atom stereocenters. The molecule has 42 valence electrons. The number of hydrogen-bond acceptors (Lipinski definition) is 1. The van der Waals surface area contributed by atoms with E-state index in [0.717, 1.165) is 6.04 Å². The van der Waals surface area contributed by atoms with Crippen LogP contribution in [0.25, 0.3) is 0 Å². The molecular formula is C5H10NW-. The minimum Gasteiger partial charge on any atom is -0.468 e. The molecule has 1 rings (SSSR count). The average molecular weight is 268 g/mol. The standard InChI is InChI=1S/C5H10N.W/c1-5-3-2-4-6-5;/h4-6H,2-3H2,1H3;/q-1;. The van der Waals surface area contributed by atoms with Gasteiger partial charge in [-0.15, -0.1) is 0 Å². The fraction of sp³-hybridized carbons (Fsp3) is 0.800. The molecule has 1 atom stereocenters. The normalized spacial score (nSPS) is 29.6. The Bertz CT molecular complexity index is 41.3. The van der Waals surface area contributed by atoms with Crippen LogP contribution in [-0.2, 0) is 21.1 Å². The molecule has 0 aromatic rings. The van der Waals surface area contributed by atoms with Crippen LogP contribution < -0.4 is 5.32 Å². The van der Waals surface area contributed by atoms with E-state index < -0.39 is 0 Å². The minimum absolute atomic E-state index is 0. The Hall–Kier alpha value is 0.648. The van der Waals surface area contributed by atoms with Gasteiger partial charge in [-0.2, -0.15) is 6.42 Å². The summed E-state index contributed by atoms with van der Waals surface area (Å²) < 4.78 is 0. The molecule has 1 fully saturated rings. The Morgan fingerprint density at radius 1 is 1.71 bits per heavy atom. The molecule has 7 heavy (non-hydrogen) atoms. The molecule has 0 spiro atoms. The van der Waals surface area contributed by atoms with E-state index >= 15 is 0 Å². The van der Waals surface area contributed by atoms with E-state index in [2.05, 4.69) is 18.8 Å². The second-order valence-corrected chi connectivity index (χ2v) is 1.85. The topological polar surface area (TPSA) is 12.0 Å². The van der Waals surface area contributed by atoms with Gasteiger partial charge < -0.3 is 5.32 Å². The molecular weight excluding hydrogens is 258 g/mol. The summed E-state index contributed by atoms with van der Waals surface area (Å²) in [6, 6.07) is 0.741. The van der Waals surface area contributed by atoms with Gasteiger partial charge >= 0.3 is 0 Å². The molecule has 1 aliphatic rings. The van der Waals surface area contributed by atoms with Crippen LogP contribution in [0.2, 0.25) is 0 Å². The molecule has 2 heteroatoms. The van der Waals surface area contributed by atoms with Gasteiger partial charge in [-0.3, -0.25) is 6.54 Å². The zero-order valence-electron chi connectivity index (χ0n) is 4.48. The fourth-order valence-electron chi connectivity index (χ4n) is 0.701. The summed E-state index contributed by atoms with van der Waals surface area (Å²) in [7, 11) is 0. The Kier molecular flexibility index (Phi) is 3.96. The third kappa shape index (κ3) is 2.46. The summed E-state index contributed by atoms with van der Waals surface area (Å²) >= 11 is 0. The molecule has 1 aliphatic heterocycles. The van der Waals surface area contributed by atoms with Crippen molar-refractivity contribution in [3.05, 3.63) is 6.54 Å². The predicted octanol–water partition coefficient (Wildman–Crippen LogP) is 0.918. The monoisotopic (exact) mass is 268 g/mol. The molecule has 0 aliphatic carbocycles. The van der Waals surface area contributed by atoms with E-state index in [0.29, 0.717) is 0 Å². The summed E-state index contributed by atoms with van der Waals surface area (Å²) in [5, 5.41) is 3.19. The van der Waals surface area contributed by atoms with Crippen molar-refractivity contribution in [1.82, 2.24) is 5.32 Å². The number of rotatable bonds is 0. The summed E-state index contributed by atoms with van der Waals surface area (Å²) in [6.45, 7) is 4.33. The van der Waals surface area contributed by atoms with Crippen molar-refractivity contribution in [2.75, 3.05) is 0 Å². The van der Waals surface area contributed by atoms with Crippen LogP contribution in [0.3, 0.4) is 0 Å². The van der Waals surface area contributed by atoms with Crippen LogP contribution in [0.4, 0.5) is 0 Å². The second-order valence-electron chi connectivity index (χ2n) is 1.85. The van der Waals surface area contributed by atoms with E-state index in [1.807, 2.05) is 0 Å². The van der Waals surface area contributed by atoms with Crippen molar-refractivity contribution >= 4 is 0 Å². The van der Waals surface area contributed by atoms with Crippen LogP contribution in [0.15, 0.2) is 0 Å². The first-order valence-electron chi connectivity index (χ1n) is 2.47. The molecule has 1 heterocycles. The second kappa shape index (κ2) is 3.63. The molecule has 1 nitrogen and oxygen atoms in total. The van der Waals surface area contributed by atoms with Gasteiger partial charge in [-0.05, 0) is 6.04 Å². The van der Waals surface area contributed by atoms with Gasteiger partial charge in [0.15, 0.2) is 0 Å². The largest absolute Gasteiger partial charge is 0.468 e. The number of hydrogen-bond donors (Lipinski definition) is 1. The molecule has 0 bridgehead atoms. The zero-order chi connectivity index (χ0) is 4.41. The Labute approximate surface area is 59.1 Å². The molecule has 0 saturated carbocycles. The van der Waals surface area contributed by atoms with Crippen LogP contribution in [0.5, 0.6) is 0 Å². The summed E-state index contributed by atoms with van der Waals surface area (Å²) in [4.78, 5) is 0. The third-order valence-corrected chi connectivity index (χ3v) is 1.15. The van der Waals surface area contributed by atoms with Gasteiger partial charge in [0.25, 0.3) is 0 Å². The Morgan fingerprint density at radius 2 is 2.43 bits per heavy atom. The van der Waals surface area contributed by atoms with Crippen LogP contribution >= 0.6 is 0 Å². The SMILES string of the molecule is CC1CC[CH-]N1.[W]. The predicted molar refractivity (Wildman–Crippen MR) is 26.1 cm³/mol. The van der Waals surface area contributed by atoms with E-state index in [-0.39, 0.29) is 21.1 Å². The van der Waals surface area contributed by atoms with E-state index in [9.17, 15) is 0 Å². The van der Waals surface area contributed by atoms with E-state index in [4.69, 9.17) is 0 Å². The van der Waals surface area contributed by atoms with Gasteiger partial charge in [-0.1, -0.05) is 13.3 Å². The average Bonchev–Trinajstić information content (AvgIpc) is 1.86. The van der Waals surface area contributed by atoms with Gasteiger partial charge in [0, 0.05) is 21.1 Å². The third-order valence-electron chi connectivity index (χ3n) is 1.15. The van der Waals surface area contributed by atoms with Crippen molar-refractivity contribution < 1.29 is 21.1 Å². The molecule has 1 saturated heterocycles. The van der Waals surface area contributed by atoms with Crippen molar-refractivity contribution in [3.63, 3.8) is 0 Å². The van der Waals surface area contributed by atoms with Crippen molar-refractivity contribution in [1.29, 1.82) is 0 Å².